The van der Waals surface area contributed by atoms with Crippen LogP contribution in [0.2, 0.25) is 0 Å². The Kier molecular flexibility index (Phi) is 5.05. The number of likely N-dealkylation sites (N-methyl/N-ethyl adjacent to an activating group) is 1. The summed E-state index contributed by atoms with van der Waals surface area (Å²) in [4.78, 5) is 2.68. The molecule has 2 fully saturated rings. The first-order valence-electron chi connectivity index (χ1n) is 7.83. The zero-order chi connectivity index (χ0) is 13.0. The van der Waals surface area contributed by atoms with E-state index >= 15 is 0 Å². The number of nitrogens with one attached hydrogen (secondary N) is 1. The molecule has 2 aliphatic rings. The highest BCUT2D eigenvalue weighted by Gasteiger charge is 2.40. The number of piperidine rings is 1. The van der Waals surface area contributed by atoms with Gasteiger partial charge in [0.15, 0.2) is 0 Å². The summed E-state index contributed by atoms with van der Waals surface area (Å²) in [6, 6.07) is 0.703. The number of aliphatic hydroxyl groups is 1. The van der Waals surface area contributed by atoms with Crippen molar-refractivity contribution < 1.29 is 5.11 Å². The Bertz CT molecular complexity index is 251. The highest BCUT2D eigenvalue weighted by Crippen LogP contribution is 2.35. The minimum absolute atomic E-state index is 0.0149. The van der Waals surface area contributed by atoms with Crippen molar-refractivity contribution in [1.82, 2.24) is 10.2 Å². The molecule has 106 valence electrons. The van der Waals surface area contributed by atoms with Crippen molar-refractivity contribution >= 4 is 0 Å². The number of aliphatic hydroxyl groups excluding tert-OH is 1. The van der Waals surface area contributed by atoms with E-state index in [-0.39, 0.29) is 5.54 Å². The molecular formula is C15H30N2O. The van der Waals surface area contributed by atoms with Crippen molar-refractivity contribution in [3.8, 4) is 0 Å². The van der Waals surface area contributed by atoms with E-state index in [4.69, 9.17) is 0 Å². The lowest BCUT2D eigenvalue weighted by Gasteiger charge is -2.37. The number of rotatable bonds is 5. The van der Waals surface area contributed by atoms with Crippen LogP contribution >= 0.6 is 0 Å². The molecule has 0 radical (unpaired) electrons. The average Bonchev–Trinajstić information content (AvgIpc) is 2.84. The highest BCUT2D eigenvalue weighted by atomic mass is 16.3. The third-order valence-electron chi connectivity index (χ3n) is 5.18. The lowest BCUT2D eigenvalue weighted by Crippen LogP contribution is -2.48. The molecular weight excluding hydrogens is 224 g/mol. The molecule has 0 aromatic carbocycles. The molecule has 1 aliphatic carbocycles. The van der Waals surface area contributed by atoms with Crippen molar-refractivity contribution in [3.63, 3.8) is 0 Å². The Morgan fingerprint density at radius 2 is 1.94 bits per heavy atom. The first-order valence-corrected chi connectivity index (χ1v) is 7.83. The van der Waals surface area contributed by atoms with Crippen LogP contribution in [0.4, 0.5) is 0 Å². The summed E-state index contributed by atoms with van der Waals surface area (Å²) in [7, 11) is 0. The number of likely N-dealkylation sites (tertiary alicyclic amines) is 1. The smallest absolute Gasteiger partial charge is 0.0613 e. The predicted molar refractivity (Wildman–Crippen MR) is 75.7 cm³/mol. The standard InChI is InChI=1S/C15H30N2O/c1-3-13-6-9-17(10-7-13)14-5-8-15(11-14,12-18)16-4-2/h13-14,16,18H,3-12H2,1-2H3. The summed E-state index contributed by atoms with van der Waals surface area (Å²) in [6.45, 7) is 8.26. The Morgan fingerprint density at radius 3 is 2.50 bits per heavy atom. The molecule has 1 saturated carbocycles. The maximum atomic E-state index is 9.66. The number of nitrogens with zero attached hydrogens (tertiary/aromatic N) is 1. The molecule has 0 aromatic heterocycles. The molecule has 3 nitrogen and oxygen atoms in total. The molecule has 2 N–H and O–H groups in total. The largest absolute Gasteiger partial charge is 0.394 e. The Labute approximate surface area is 112 Å². The van der Waals surface area contributed by atoms with E-state index in [2.05, 4.69) is 24.1 Å². The first kappa shape index (κ1) is 14.3. The third-order valence-corrected chi connectivity index (χ3v) is 5.18. The molecule has 0 aromatic rings. The van der Waals surface area contributed by atoms with Gasteiger partial charge in [0.05, 0.1) is 6.61 Å². The van der Waals surface area contributed by atoms with Gasteiger partial charge >= 0.3 is 0 Å². The summed E-state index contributed by atoms with van der Waals surface area (Å²) in [5, 5.41) is 13.2. The topological polar surface area (TPSA) is 35.5 Å². The fraction of sp³-hybridized carbons (Fsp3) is 1.00. The average molecular weight is 254 g/mol. The molecule has 1 heterocycles. The van der Waals surface area contributed by atoms with Gasteiger partial charge in [-0.05, 0) is 57.7 Å². The van der Waals surface area contributed by atoms with E-state index in [1.165, 1.54) is 38.8 Å². The van der Waals surface area contributed by atoms with Crippen LogP contribution in [0.3, 0.4) is 0 Å². The molecule has 2 atom stereocenters. The second kappa shape index (κ2) is 6.36. The van der Waals surface area contributed by atoms with Crippen LogP contribution in [0.1, 0.15) is 52.4 Å². The second-order valence-corrected chi connectivity index (χ2v) is 6.25. The van der Waals surface area contributed by atoms with Crippen LogP contribution in [-0.4, -0.2) is 47.8 Å². The monoisotopic (exact) mass is 254 g/mol. The van der Waals surface area contributed by atoms with Gasteiger partial charge in [-0.2, -0.15) is 0 Å². The minimum Gasteiger partial charge on any atom is -0.394 e. The summed E-state index contributed by atoms with van der Waals surface area (Å²) < 4.78 is 0. The molecule has 0 bridgehead atoms. The van der Waals surface area contributed by atoms with E-state index in [1.807, 2.05) is 0 Å². The van der Waals surface area contributed by atoms with Crippen LogP contribution in [-0.2, 0) is 0 Å². The van der Waals surface area contributed by atoms with Crippen LogP contribution < -0.4 is 5.32 Å². The molecule has 0 spiro atoms. The Hall–Kier alpha value is -0.120. The molecule has 1 aliphatic heterocycles. The van der Waals surface area contributed by atoms with Crippen LogP contribution in [0, 0.1) is 5.92 Å². The van der Waals surface area contributed by atoms with Gasteiger partial charge in [-0.3, -0.25) is 0 Å². The zero-order valence-electron chi connectivity index (χ0n) is 12.1. The molecule has 3 heteroatoms. The van der Waals surface area contributed by atoms with E-state index in [9.17, 15) is 5.11 Å². The van der Waals surface area contributed by atoms with Crippen molar-refractivity contribution in [3.05, 3.63) is 0 Å². The van der Waals surface area contributed by atoms with Crippen LogP contribution in [0.15, 0.2) is 0 Å². The maximum absolute atomic E-state index is 9.66. The van der Waals surface area contributed by atoms with Gasteiger partial charge in [-0.1, -0.05) is 20.3 Å². The van der Waals surface area contributed by atoms with Gasteiger partial charge in [0.25, 0.3) is 0 Å². The van der Waals surface area contributed by atoms with E-state index in [0.29, 0.717) is 12.6 Å². The minimum atomic E-state index is 0.0149. The van der Waals surface area contributed by atoms with Crippen molar-refractivity contribution in [1.29, 1.82) is 0 Å². The highest BCUT2D eigenvalue weighted by molar-refractivity contribution is 4.99. The maximum Gasteiger partial charge on any atom is 0.0613 e. The predicted octanol–water partition coefficient (Wildman–Crippen LogP) is 2.00. The summed E-state index contributed by atoms with van der Waals surface area (Å²) in [5.74, 6) is 0.957. The first-order chi connectivity index (χ1) is 8.73. The molecule has 1 saturated heterocycles. The third kappa shape index (κ3) is 3.06. The fourth-order valence-electron chi connectivity index (χ4n) is 3.87. The second-order valence-electron chi connectivity index (χ2n) is 6.25. The number of hydrogen-bond donors (Lipinski definition) is 2. The van der Waals surface area contributed by atoms with Gasteiger partial charge in [-0.15, -0.1) is 0 Å². The summed E-state index contributed by atoms with van der Waals surface area (Å²) >= 11 is 0. The molecule has 2 rings (SSSR count). The van der Waals surface area contributed by atoms with E-state index in [0.717, 1.165) is 25.3 Å². The Balaban J connectivity index is 1.85. The molecule has 0 amide bonds. The van der Waals surface area contributed by atoms with Gasteiger partial charge in [-0.25, -0.2) is 0 Å². The van der Waals surface area contributed by atoms with Gasteiger partial charge in [0.2, 0.25) is 0 Å². The fourth-order valence-corrected chi connectivity index (χ4v) is 3.87. The summed E-state index contributed by atoms with van der Waals surface area (Å²) in [5.41, 5.74) is 0.0149. The SMILES string of the molecule is CCNC1(CO)CCC(N2CCC(CC)CC2)C1. The van der Waals surface area contributed by atoms with Crippen molar-refractivity contribution in [2.45, 2.75) is 64.0 Å². The van der Waals surface area contributed by atoms with E-state index < -0.39 is 0 Å². The lowest BCUT2D eigenvalue weighted by molar-refractivity contribution is 0.114. The van der Waals surface area contributed by atoms with Gasteiger partial charge in [0, 0.05) is 11.6 Å². The van der Waals surface area contributed by atoms with Crippen LogP contribution in [0.5, 0.6) is 0 Å². The quantitative estimate of drug-likeness (QED) is 0.788. The van der Waals surface area contributed by atoms with Gasteiger partial charge in [0.1, 0.15) is 0 Å². The number of hydrogen-bond acceptors (Lipinski definition) is 3. The normalized spacial score (nSPS) is 35.2. The Morgan fingerprint density at radius 1 is 1.22 bits per heavy atom. The summed E-state index contributed by atoms with van der Waals surface area (Å²) in [6.07, 6.45) is 7.62. The zero-order valence-corrected chi connectivity index (χ0v) is 12.1. The van der Waals surface area contributed by atoms with E-state index in [1.54, 1.807) is 0 Å². The molecule has 18 heavy (non-hydrogen) atoms. The molecule has 2 unspecified atom stereocenters. The van der Waals surface area contributed by atoms with Crippen LogP contribution in [0.25, 0.3) is 0 Å². The van der Waals surface area contributed by atoms with Gasteiger partial charge < -0.3 is 15.3 Å². The lowest BCUT2D eigenvalue weighted by atomic mass is 9.92. The van der Waals surface area contributed by atoms with Crippen molar-refractivity contribution in [2.24, 2.45) is 5.92 Å². The van der Waals surface area contributed by atoms with Crippen molar-refractivity contribution in [2.75, 3.05) is 26.2 Å².